The number of carbonyl (C=O) groups excluding carboxylic acids is 2. The molecule has 0 saturated heterocycles. The summed E-state index contributed by atoms with van der Waals surface area (Å²) in [7, 11) is 1.53. The van der Waals surface area contributed by atoms with E-state index in [0.29, 0.717) is 17.8 Å². The van der Waals surface area contributed by atoms with Crippen LogP contribution in [0.25, 0.3) is 0 Å². The highest BCUT2D eigenvalue weighted by Gasteiger charge is 2.05. The Kier molecular flexibility index (Phi) is 4.32. The average Bonchev–Trinajstić information content (AvgIpc) is 2.29. The van der Waals surface area contributed by atoms with Gasteiger partial charge in [0.2, 0.25) is 0 Å². The van der Waals surface area contributed by atoms with Crippen molar-refractivity contribution >= 4 is 17.6 Å². The fraction of sp³-hybridized carbons (Fsp3) is 0.273. The quantitative estimate of drug-likeness (QED) is 0.717. The summed E-state index contributed by atoms with van der Waals surface area (Å²) >= 11 is 0. The number of rotatable bonds is 3. The van der Waals surface area contributed by atoms with Gasteiger partial charge in [-0.2, -0.15) is 0 Å². The minimum Gasteiger partial charge on any atom is -0.352 e. The highest BCUT2D eigenvalue weighted by atomic mass is 16.2. The third-order valence-corrected chi connectivity index (χ3v) is 1.95. The lowest BCUT2D eigenvalue weighted by Crippen LogP contribution is -2.25. The summed E-state index contributed by atoms with van der Waals surface area (Å²) in [5, 5.41) is 7.72. The number of hydrogen-bond donors (Lipinski definition) is 3. The van der Waals surface area contributed by atoms with Crippen LogP contribution < -0.4 is 16.0 Å². The van der Waals surface area contributed by atoms with E-state index >= 15 is 0 Å². The lowest BCUT2D eigenvalue weighted by molar-refractivity contribution is 0.0956. The molecule has 0 aliphatic heterocycles. The number of carbonyl (C=O) groups is 2. The van der Waals surface area contributed by atoms with Gasteiger partial charge >= 0.3 is 6.03 Å². The van der Waals surface area contributed by atoms with Crippen LogP contribution in [-0.2, 0) is 0 Å². The maximum atomic E-state index is 11.5. The number of urea groups is 1. The van der Waals surface area contributed by atoms with Gasteiger partial charge in [0.1, 0.15) is 0 Å². The van der Waals surface area contributed by atoms with Crippen molar-refractivity contribution in [1.82, 2.24) is 10.6 Å². The minimum atomic E-state index is -0.312. The van der Waals surface area contributed by atoms with Crippen LogP contribution in [0.2, 0.25) is 0 Å². The van der Waals surface area contributed by atoms with E-state index in [1.54, 1.807) is 24.3 Å². The second-order valence-corrected chi connectivity index (χ2v) is 3.14. The average molecular weight is 221 g/mol. The summed E-state index contributed by atoms with van der Waals surface area (Å²) in [6.45, 7) is 2.43. The molecule has 0 bridgehead atoms. The van der Waals surface area contributed by atoms with E-state index in [9.17, 15) is 9.59 Å². The first-order valence-corrected chi connectivity index (χ1v) is 5.04. The van der Waals surface area contributed by atoms with E-state index in [1.165, 1.54) is 7.05 Å². The predicted molar refractivity (Wildman–Crippen MR) is 62.5 cm³/mol. The molecule has 0 unspecified atom stereocenters. The summed E-state index contributed by atoms with van der Waals surface area (Å²) in [6.07, 6.45) is 0. The monoisotopic (exact) mass is 221 g/mol. The largest absolute Gasteiger partial charge is 0.352 e. The second kappa shape index (κ2) is 5.75. The Morgan fingerprint density at radius 1 is 1.31 bits per heavy atom. The third-order valence-electron chi connectivity index (χ3n) is 1.95. The van der Waals surface area contributed by atoms with E-state index in [-0.39, 0.29) is 11.9 Å². The van der Waals surface area contributed by atoms with Crippen LogP contribution in [-0.4, -0.2) is 25.5 Å². The predicted octanol–water partition coefficient (Wildman–Crippen LogP) is 1.19. The molecule has 0 atom stereocenters. The molecule has 5 heteroatoms. The van der Waals surface area contributed by atoms with Crippen LogP contribution in [0.4, 0.5) is 10.5 Å². The Bertz CT molecular complexity index is 391. The van der Waals surface area contributed by atoms with Gasteiger partial charge in [-0.15, -0.1) is 0 Å². The zero-order chi connectivity index (χ0) is 12.0. The van der Waals surface area contributed by atoms with Gasteiger partial charge in [0.05, 0.1) is 0 Å². The van der Waals surface area contributed by atoms with Gasteiger partial charge in [0, 0.05) is 24.8 Å². The van der Waals surface area contributed by atoms with Crippen molar-refractivity contribution in [2.45, 2.75) is 6.92 Å². The maximum absolute atomic E-state index is 11.5. The van der Waals surface area contributed by atoms with Crippen LogP contribution in [0.15, 0.2) is 24.3 Å². The number of anilines is 1. The van der Waals surface area contributed by atoms with Crippen molar-refractivity contribution in [3.63, 3.8) is 0 Å². The summed E-state index contributed by atoms with van der Waals surface area (Å²) in [5.41, 5.74) is 1.11. The summed E-state index contributed by atoms with van der Waals surface area (Å²) in [5.74, 6) is -0.150. The molecule has 1 aromatic rings. The van der Waals surface area contributed by atoms with Crippen LogP contribution >= 0.6 is 0 Å². The molecule has 5 nitrogen and oxygen atoms in total. The second-order valence-electron chi connectivity index (χ2n) is 3.14. The Balaban J connectivity index is 2.78. The lowest BCUT2D eigenvalue weighted by atomic mass is 10.2. The Labute approximate surface area is 94.2 Å². The standard InChI is InChI=1S/C11H15N3O2/c1-3-13-10(15)8-5-4-6-9(7-8)14-11(16)12-2/h4-7H,3H2,1-2H3,(H,13,15)(H2,12,14,16). The first kappa shape index (κ1) is 12.0. The number of nitrogens with one attached hydrogen (secondary N) is 3. The van der Waals surface area contributed by atoms with E-state index < -0.39 is 0 Å². The van der Waals surface area contributed by atoms with Crippen LogP contribution in [0.1, 0.15) is 17.3 Å². The number of benzene rings is 1. The zero-order valence-corrected chi connectivity index (χ0v) is 9.33. The molecular formula is C11H15N3O2. The molecule has 3 amide bonds. The molecule has 0 spiro atoms. The summed E-state index contributed by atoms with van der Waals surface area (Å²) < 4.78 is 0. The fourth-order valence-corrected chi connectivity index (χ4v) is 1.19. The first-order valence-electron chi connectivity index (χ1n) is 5.04. The van der Waals surface area contributed by atoms with Gasteiger partial charge in [-0.05, 0) is 25.1 Å². The van der Waals surface area contributed by atoms with Gasteiger partial charge in [-0.1, -0.05) is 6.07 Å². The highest BCUT2D eigenvalue weighted by Crippen LogP contribution is 2.10. The normalized spacial score (nSPS) is 9.38. The molecule has 0 aliphatic carbocycles. The highest BCUT2D eigenvalue weighted by molar-refractivity contribution is 5.96. The van der Waals surface area contributed by atoms with Crippen molar-refractivity contribution in [3.8, 4) is 0 Å². The molecule has 1 rings (SSSR count). The number of amides is 3. The van der Waals surface area contributed by atoms with E-state index in [1.807, 2.05) is 6.92 Å². The van der Waals surface area contributed by atoms with Crippen LogP contribution in [0.3, 0.4) is 0 Å². The molecule has 0 heterocycles. The maximum Gasteiger partial charge on any atom is 0.318 e. The van der Waals surface area contributed by atoms with Crippen molar-refractivity contribution in [1.29, 1.82) is 0 Å². The topological polar surface area (TPSA) is 70.2 Å². The molecule has 86 valence electrons. The van der Waals surface area contributed by atoms with Crippen molar-refractivity contribution in [2.24, 2.45) is 0 Å². The molecule has 0 radical (unpaired) electrons. The van der Waals surface area contributed by atoms with E-state index in [0.717, 1.165) is 0 Å². The van der Waals surface area contributed by atoms with Gasteiger partial charge in [0.25, 0.3) is 5.91 Å². The van der Waals surface area contributed by atoms with Gasteiger partial charge in [-0.25, -0.2) is 4.79 Å². The molecule has 0 aliphatic rings. The van der Waals surface area contributed by atoms with Gasteiger partial charge in [-0.3, -0.25) is 4.79 Å². The SMILES string of the molecule is CCNC(=O)c1cccc(NC(=O)NC)c1. The Hall–Kier alpha value is -2.04. The van der Waals surface area contributed by atoms with Gasteiger partial charge in [0.15, 0.2) is 0 Å². The third kappa shape index (κ3) is 3.27. The Morgan fingerprint density at radius 2 is 2.06 bits per heavy atom. The van der Waals surface area contributed by atoms with Crippen LogP contribution in [0.5, 0.6) is 0 Å². The summed E-state index contributed by atoms with van der Waals surface area (Å²) in [6, 6.07) is 6.45. The molecule has 16 heavy (non-hydrogen) atoms. The van der Waals surface area contributed by atoms with Crippen molar-refractivity contribution < 1.29 is 9.59 Å². The van der Waals surface area contributed by atoms with E-state index in [2.05, 4.69) is 16.0 Å². The first-order chi connectivity index (χ1) is 7.67. The number of hydrogen-bond acceptors (Lipinski definition) is 2. The Morgan fingerprint density at radius 3 is 2.69 bits per heavy atom. The van der Waals surface area contributed by atoms with Crippen LogP contribution in [0, 0.1) is 0 Å². The molecule has 1 aromatic carbocycles. The molecule has 3 N–H and O–H groups in total. The zero-order valence-electron chi connectivity index (χ0n) is 9.33. The van der Waals surface area contributed by atoms with Crippen molar-refractivity contribution in [2.75, 3.05) is 18.9 Å². The van der Waals surface area contributed by atoms with E-state index in [4.69, 9.17) is 0 Å². The lowest BCUT2D eigenvalue weighted by Gasteiger charge is -2.06. The molecule has 0 aromatic heterocycles. The van der Waals surface area contributed by atoms with Crippen molar-refractivity contribution in [3.05, 3.63) is 29.8 Å². The molecule has 0 fully saturated rings. The minimum absolute atomic E-state index is 0.150. The smallest absolute Gasteiger partial charge is 0.318 e. The fourth-order valence-electron chi connectivity index (χ4n) is 1.19. The summed E-state index contributed by atoms with van der Waals surface area (Å²) in [4.78, 5) is 22.6. The van der Waals surface area contributed by atoms with Gasteiger partial charge < -0.3 is 16.0 Å². The molecule has 0 saturated carbocycles. The molecular weight excluding hydrogens is 206 g/mol.